The number of ketones is 1. The normalized spacial score (nSPS) is 11.4. The van der Waals surface area contributed by atoms with Crippen LogP contribution in [0.1, 0.15) is 32.0 Å². The van der Waals surface area contributed by atoms with Crippen LogP contribution in [0.25, 0.3) is 11.0 Å². The summed E-state index contributed by atoms with van der Waals surface area (Å²) in [5, 5.41) is 3.23. The SMILES string of the molecule is COC(=O)[C@H](Cc1ccc(OCCN(C(=O)c2cnc3ccccc3n2)c2ccccc2)cc1)Nc1ccccc1C(=O)c1ccccc1. The first-order chi connectivity index (χ1) is 24.0. The number of aromatic nitrogens is 2. The summed E-state index contributed by atoms with van der Waals surface area (Å²) < 4.78 is 11.1. The van der Waals surface area contributed by atoms with Crippen molar-refractivity contribution in [3.05, 3.63) is 162 Å². The van der Waals surface area contributed by atoms with Gasteiger partial charge in [-0.1, -0.05) is 84.9 Å². The van der Waals surface area contributed by atoms with Crippen molar-refractivity contribution < 1.29 is 23.9 Å². The number of amides is 1. The fourth-order valence-electron chi connectivity index (χ4n) is 5.44. The second-order valence-electron chi connectivity index (χ2n) is 11.2. The Morgan fingerprint density at radius 2 is 1.41 bits per heavy atom. The maximum atomic E-state index is 13.6. The molecule has 0 bridgehead atoms. The molecule has 9 heteroatoms. The van der Waals surface area contributed by atoms with Crippen LogP contribution in [0.5, 0.6) is 5.75 Å². The molecule has 6 rings (SSSR count). The van der Waals surface area contributed by atoms with Crippen molar-refractivity contribution in [3.8, 4) is 5.75 Å². The highest BCUT2D eigenvalue weighted by molar-refractivity contribution is 6.12. The lowest BCUT2D eigenvalue weighted by Crippen LogP contribution is -2.35. The van der Waals surface area contributed by atoms with Crippen LogP contribution < -0.4 is 15.0 Å². The number of benzene rings is 5. The van der Waals surface area contributed by atoms with Crippen LogP contribution in [0.4, 0.5) is 11.4 Å². The van der Waals surface area contributed by atoms with Gasteiger partial charge in [0.2, 0.25) is 0 Å². The van der Waals surface area contributed by atoms with Gasteiger partial charge in [0.1, 0.15) is 24.1 Å². The van der Waals surface area contributed by atoms with Gasteiger partial charge in [0.25, 0.3) is 5.91 Å². The van der Waals surface area contributed by atoms with E-state index in [2.05, 4.69) is 15.3 Å². The van der Waals surface area contributed by atoms with Crippen LogP contribution in [-0.2, 0) is 16.0 Å². The molecule has 0 fully saturated rings. The number of anilines is 2. The summed E-state index contributed by atoms with van der Waals surface area (Å²) in [4.78, 5) is 50.3. The Kier molecular flexibility index (Phi) is 10.3. The van der Waals surface area contributed by atoms with Crippen LogP contribution >= 0.6 is 0 Å². The molecule has 6 aromatic rings. The second-order valence-corrected chi connectivity index (χ2v) is 11.2. The summed E-state index contributed by atoms with van der Waals surface area (Å²) in [5.74, 6) is -0.275. The number of fused-ring (bicyclic) bond motifs is 1. The minimum Gasteiger partial charge on any atom is -0.492 e. The Hall–Kier alpha value is -6.35. The predicted molar refractivity (Wildman–Crippen MR) is 189 cm³/mol. The molecule has 244 valence electrons. The highest BCUT2D eigenvalue weighted by Crippen LogP contribution is 2.23. The molecule has 0 aliphatic rings. The summed E-state index contributed by atoms with van der Waals surface area (Å²) in [5.41, 5.74) is 4.74. The Morgan fingerprint density at radius 3 is 2.14 bits per heavy atom. The lowest BCUT2D eigenvalue weighted by Gasteiger charge is -2.23. The van der Waals surface area contributed by atoms with Crippen LogP contribution in [0.15, 0.2) is 140 Å². The third kappa shape index (κ3) is 7.97. The van der Waals surface area contributed by atoms with Gasteiger partial charge < -0.3 is 19.7 Å². The zero-order valence-electron chi connectivity index (χ0n) is 26.9. The van der Waals surface area contributed by atoms with Gasteiger partial charge in [-0.05, 0) is 54.1 Å². The molecule has 0 radical (unpaired) electrons. The predicted octanol–water partition coefficient (Wildman–Crippen LogP) is 6.78. The van der Waals surface area contributed by atoms with E-state index >= 15 is 0 Å². The van der Waals surface area contributed by atoms with Crippen LogP contribution in [0, 0.1) is 0 Å². The molecular weight excluding hydrogens is 616 g/mol. The first-order valence-electron chi connectivity index (χ1n) is 15.8. The summed E-state index contributed by atoms with van der Waals surface area (Å²) >= 11 is 0. The number of methoxy groups -OCH3 is 1. The number of rotatable bonds is 13. The van der Waals surface area contributed by atoms with Gasteiger partial charge in [-0.3, -0.25) is 14.6 Å². The minimum absolute atomic E-state index is 0.147. The lowest BCUT2D eigenvalue weighted by atomic mass is 10.00. The molecule has 9 nitrogen and oxygen atoms in total. The van der Waals surface area contributed by atoms with Crippen molar-refractivity contribution in [2.24, 2.45) is 0 Å². The van der Waals surface area contributed by atoms with Crippen molar-refractivity contribution in [3.63, 3.8) is 0 Å². The van der Waals surface area contributed by atoms with E-state index in [1.54, 1.807) is 35.2 Å². The van der Waals surface area contributed by atoms with E-state index in [1.165, 1.54) is 13.3 Å². The lowest BCUT2D eigenvalue weighted by molar-refractivity contribution is -0.141. The number of carbonyl (C=O) groups is 3. The van der Waals surface area contributed by atoms with E-state index < -0.39 is 12.0 Å². The number of nitrogens with one attached hydrogen (secondary N) is 1. The molecule has 0 saturated heterocycles. The fraction of sp³-hybridized carbons (Fsp3) is 0.125. The average molecular weight is 651 g/mol. The van der Waals surface area contributed by atoms with Crippen molar-refractivity contribution in [1.29, 1.82) is 0 Å². The van der Waals surface area contributed by atoms with Gasteiger partial charge >= 0.3 is 5.97 Å². The first kappa shape index (κ1) is 32.6. The number of para-hydroxylation sites is 4. The standard InChI is InChI=1S/C40H34N4O5/c1-48-40(47)36(42-33-17-9-8-16-32(33)38(45)29-12-4-2-5-13-29)26-28-20-22-31(23-21-28)49-25-24-44(30-14-6-3-7-15-30)39(46)37-27-41-34-18-10-11-19-35(34)43-37/h2-23,27,36,42H,24-26H2,1H3/t36-/m0/s1. The fourth-order valence-corrected chi connectivity index (χ4v) is 5.44. The average Bonchev–Trinajstić information content (AvgIpc) is 3.16. The molecule has 0 unspecified atom stereocenters. The number of hydrogen-bond donors (Lipinski definition) is 1. The summed E-state index contributed by atoms with van der Waals surface area (Å²) in [6.45, 7) is 0.494. The number of carbonyl (C=O) groups excluding carboxylic acids is 3. The molecule has 0 aliphatic carbocycles. The minimum atomic E-state index is -0.745. The highest BCUT2D eigenvalue weighted by Gasteiger charge is 2.23. The first-order valence-corrected chi connectivity index (χ1v) is 15.8. The molecule has 0 aliphatic heterocycles. The Labute approximate surface area is 284 Å². The van der Waals surface area contributed by atoms with Gasteiger partial charge in [-0.2, -0.15) is 0 Å². The number of esters is 1. The van der Waals surface area contributed by atoms with Crippen LogP contribution in [0.3, 0.4) is 0 Å². The maximum absolute atomic E-state index is 13.6. The maximum Gasteiger partial charge on any atom is 0.328 e. The summed E-state index contributed by atoms with van der Waals surface area (Å²) in [7, 11) is 1.34. The van der Waals surface area contributed by atoms with E-state index in [1.807, 2.05) is 103 Å². The van der Waals surface area contributed by atoms with Crippen molar-refractivity contribution in [1.82, 2.24) is 9.97 Å². The smallest absolute Gasteiger partial charge is 0.328 e. The highest BCUT2D eigenvalue weighted by atomic mass is 16.5. The second kappa shape index (κ2) is 15.5. The van der Waals surface area contributed by atoms with E-state index in [9.17, 15) is 14.4 Å². The molecule has 1 N–H and O–H groups in total. The van der Waals surface area contributed by atoms with Crippen LogP contribution in [-0.4, -0.2) is 53.9 Å². The molecule has 0 spiro atoms. The molecule has 0 saturated carbocycles. The van der Waals surface area contributed by atoms with Crippen molar-refractivity contribution in [2.75, 3.05) is 30.5 Å². The molecule has 1 atom stereocenters. The quantitative estimate of drug-likeness (QED) is 0.108. The van der Waals surface area contributed by atoms with E-state index in [0.29, 0.717) is 40.0 Å². The van der Waals surface area contributed by atoms with Gasteiger partial charge in [-0.25, -0.2) is 9.78 Å². The molecule has 1 amide bonds. The van der Waals surface area contributed by atoms with Gasteiger partial charge in [0.15, 0.2) is 5.78 Å². The molecule has 1 heterocycles. The van der Waals surface area contributed by atoms with E-state index in [4.69, 9.17) is 9.47 Å². The van der Waals surface area contributed by atoms with Gasteiger partial charge in [-0.15, -0.1) is 0 Å². The molecule has 5 aromatic carbocycles. The largest absolute Gasteiger partial charge is 0.492 e. The number of hydrogen-bond acceptors (Lipinski definition) is 8. The van der Waals surface area contributed by atoms with Gasteiger partial charge in [0.05, 0.1) is 30.9 Å². The van der Waals surface area contributed by atoms with Gasteiger partial charge in [0, 0.05) is 28.9 Å². The zero-order valence-corrected chi connectivity index (χ0v) is 26.9. The number of nitrogens with zero attached hydrogens (tertiary/aromatic N) is 3. The summed E-state index contributed by atoms with van der Waals surface area (Å²) in [6, 6.07) is 39.5. The number of ether oxygens (including phenoxy) is 2. The zero-order chi connectivity index (χ0) is 34.0. The topological polar surface area (TPSA) is 111 Å². The Balaban J connectivity index is 1.12. The van der Waals surface area contributed by atoms with Crippen LogP contribution in [0.2, 0.25) is 0 Å². The Morgan fingerprint density at radius 1 is 0.755 bits per heavy atom. The van der Waals surface area contributed by atoms with E-state index in [-0.39, 0.29) is 30.5 Å². The van der Waals surface area contributed by atoms with E-state index in [0.717, 1.165) is 11.3 Å². The summed E-state index contributed by atoms with van der Waals surface area (Å²) in [6.07, 6.45) is 1.81. The molecule has 1 aromatic heterocycles. The third-order valence-corrected chi connectivity index (χ3v) is 7.95. The monoisotopic (exact) mass is 650 g/mol. The van der Waals surface area contributed by atoms with Crippen molar-refractivity contribution >= 4 is 40.1 Å². The molecule has 49 heavy (non-hydrogen) atoms. The third-order valence-electron chi connectivity index (χ3n) is 7.95. The molecular formula is C40H34N4O5. The Bertz CT molecular complexity index is 2050. The van der Waals surface area contributed by atoms with Crippen molar-refractivity contribution in [2.45, 2.75) is 12.5 Å².